The van der Waals surface area contributed by atoms with Gasteiger partial charge in [-0.15, -0.1) is 0 Å². The Hall–Kier alpha value is -3.28. The third kappa shape index (κ3) is 2.94. The monoisotopic (exact) mass is 333 g/mol. The maximum Gasteiger partial charge on any atom is 0.164 e. The lowest BCUT2D eigenvalue weighted by Gasteiger charge is -2.34. The third-order valence-corrected chi connectivity index (χ3v) is 4.31. The van der Waals surface area contributed by atoms with Gasteiger partial charge in [-0.1, -0.05) is 0 Å². The van der Waals surface area contributed by atoms with Gasteiger partial charge in [0.2, 0.25) is 0 Å². The van der Waals surface area contributed by atoms with Crippen LogP contribution in [0.2, 0.25) is 0 Å². The summed E-state index contributed by atoms with van der Waals surface area (Å²) < 4.78 is 0. The molecule has 25 heavy (non-hydrogen) atoms. The fraction of sp³-hybridized carbons (Fsp3) is 0.158. The molecule has 1 atom stereocenters. The lowest BCUT2D eigenvalue weighted by Crippen LogP contribution is -2.49. The van der Waals surface area contributed by atoms with Gasteiger partial charge in [0.1, 0.15) is 11.6 Å². The number of nitrogens with one attached hydrogen (secondary N) is 1. The van der Waals surface area contributed by atoms with E-state index < -0.39 is 0 Å². The molecule has 0 aliphatic carbocycles. The van der Waals surface area contributed by atoms with E-state index in [1.54, 1.807) is 24.5 Å². The molecule has 2 N–H and O–H groups in total. The molecule has 0 fully saturated rings. The molecule has 1 aromatic heterocycles. The second-order valence-corrected chi connectivity index (χ2v) is 6.02. The number of phenols is 1. The topological polar surface area (TPSA) is 64.0 Å². The smallest absolute Gasteiger partial charge is 0.164 e. The number of likely N-dealkylation sites (N-methyl/N-ethyl adjacent to an activating group) is 1. The van der Waals surface area contributed by atoms with Crippen molar-refractivity contribution in [3.8, 4) is 5.75 Å². The Morgan fingerprint density at radius 1 is 1.16 bits per heavy atom. The minimum atomic E-state index is -0.00404. The second kappa shape index (κ2) is 6.32. The van der Waals surface area contributed by atoms with Crippen LogP contribution in [0.1, 0.15) is 11.1 Å². The molecule has 126 valence electrons. The number of aliphatic imine (C=N–C) groups is 1. The molecular formula is C19H19N5O. The van der Waals surface area contributed by atoms with Crippen LogP contribution in [0.4, 0.5) is 0 Å². The first-order chi connectivity index (χ1) is 12.2. The number of hydrogen-bond acceptors (Lipinski definition) is 5. The summed E-state index contributed by atoms with van der Waals surface area (Å²) in [6, 6.07) is 11.2. The zero-order chi connectivity index (χ0) is 17.2. The first kappa shape index (κ1) is 15.3. The number of nitrogens with zero attached hydrogens (tertiary/aromatic N) is 4. The Bertz CT molecular complexity index is 842. The maximum atomic E-state index is 9.51. The van der Waals surface area contributed by atoms with Crippen molar-refractivity contribution in [1.29, 1.82) is 0 Å². The van der Waals surface area contributed by atoms with Gasteiger partial charge in [-0.05, 0) is 47.5 Å². The van der Waals surface area contributed by atoms with Crippen molar-refractivity contribution in [2.45, 2.75) is 12.7 Å². The molecule has 4 rings (SSSR count). The number of phenolic OH excluding ortho intramolecular Hbond substituents is 1. The Labute approximate surface area is 146 Å². The van der Waals surface area contributed by atoms with E-state index in [0.29, 0.717) is 6.54 Å². The molecule has 0 saturated carbocycles. The summed E-state index contributed by atoms with van der Waals surface area (Å²) in [7, 11) is 2.04. The van der Waals surface area contributed by atoms with Crippen LogP contribution in [0.25, 0.3) is 5.70 Å². The quantitative estimate of drug-likeness (QED) is 0.903. The highest BCUT2D eigenvalue weighted by atomic mass is 16.3. The van der Waals surface area contributed by atoms with E-state index in [-0.39, 0.29) is 11.9 Å². The van der Waals surface area contributed by atoms with E-state index in [1.165, 1.54) is 0 Å². The third-order valence-electron chi connectivity index (χ3n) is 4.31. The average Bonchev–Trinajstić information content (AvgIpc) is 2.99. The van der Waals surface area contributed by atoms with Gasteiger partial charge in [0.05, 0.1) is 12.2 Å². The van der Waals surface area contributed by atoms with Gasteiger partial charge < -0.3 is 20.2 Å². The van der Waals surface area contributed by atoms with Crippen LogP contribution in [0.3, 0.4) is 0 Å². The van der Waals surface area contributed by atoms with Crippen molar-refractivity contribution in [3.63, 3.8) is 0 Å². The van der Waals surface area contributed by atoms with Gasteiger partial charge in [-0.2, -0.15) is 0 Å². The van der Waals surface area contributed by atoms with Gasteiger partial charge in [-0.3, -0.25) is 9.98 Å². The zero-order valence-corrected chi connectivity index (χ0v) is 13.9. The van der Waals surface area contributed by atoms with Crippen LogP contribution < -0.4 is 5.32 Å². The number of fused-ring (bicyclic) bond motifs is 1. The minimum Gasteiger partial charge on any atom is -0.508 e. The van der Waals surface area contributed by atoms with Crippen LogP contribution in [-0.4, -0.2) is 38.9 Å². The van der Waals surface area contributed by atoms with Crippen LogP contribution in [0, 0.1) is 0 Å². The predicted molar refractivity (Wildman–Crippen MR) is 97.1 cm³/mol. The highest BCUT2D eigenvalue weighted by Gasteiger charge is 2.35. The summed E-state index contributed by atoms with van der Waals surface area (Å²) in [6.45, 7) is 0.603. The molecule has 0 spiro atoms. The van der Waals surface area contributed by atoms with Crippen LogP contribution in [0.15, 0.2) is 72.4 Å². The van der Waals surface area contributed by atoms with E-state index in [1.807, 2.05) is 43.7 Å². The Kier molecular flexibility index (Phi) is 3.85. The van der Waals surface area contributed by atoms with Gasteiger partial charge in [0, 0.05) is 38.0 Å². The van der Waals surface area contributed by atoms with Gasteiger partial charge in [0.25, 0.3) is 0 Å². The van der Waals surface area contributed by atoms with Gasteiger partial charge in [-0.25, -0.2) is 0 Å². The molecule has 0 radical (unpaired) electrons. The molecule has 2 aromatic rings. The standard InChI is InChI=1S/C19H19N5O/c1-23-13-17(15-2-4-16(25)5-3-15)24-11-10-21-18(19(23)24)22-12-14-6-8-20-9-7-14/h2-11,13,19,25H,12H2,1H3,(H,21,22). The largest absolute Gasteiger partial charge is 0.508 e. The zero-order valence-electron chi connectivity index (χ0n) is 13.9. The van der Waals surface area contributed by atoms with Gasteiger partial charge in [0.15, 0.2) is 6.17 Å². The molecule has 2 aliphatic rings. The van der Waals surface area contributed by atoms with Crippen molar-refractivity contribution in [3.05, 3.63) is 78.5 Å². The van der Waals surface area contributed by atoms with Gasteiger partial charge >= 0.3 is 0 Å². The number of hydrogen-bond donors (Lipinski definition) is 2. The molecule has 1 unspecified atom stereocenters. The molecule has 1 aromatic carbocycles. The van der Waals surface area contributed by atoms with Crippen molar-refractivity contribution >= 4 is 11.5 Å². The van der Waals surface area contributed by atoms with E-state index >= 15 is 0 Å². The Morgan fingerprint density at radius 3 is 2.68 bits per heavy atom. The summed E-state index contributed by atoms with van der Waals surface area (Å²) in [5, 5.41) is 12.8. The maximum absolute atomic E-state index is 9.51. The number of rotatable bonds is 3. The summed E-state index contributed by atoms with van der Waals surface area (Å²) in [4.78, 5) is 13.1. The predicted octanol–water partition coefficient (Wildman–Crippen LogP) is 2.33. The Morgan fingerprint density at radius 2 is 1.92 bits per heavy atom. The van der Waals surface area contributed by atoms with Crippen molar-refractivity contribution in [2.75, 3.05) is 7.05 Å². The summed E-state index contributed by atoms with van der Waals surface area (Å²) in [5.74, 6) is 1.16. The van der Waals surface area contributed by atoms with E-state index in [9.17, 15) is 5.11 Å². The molecule has 6 nitrogen and oxygen atoms in total. The second-order valence-electron chi connectivity index (χ2n) is 6.02. The first-order valence-corrected chi connectivity index (χ1v) is 8.10. The highest BCUT2D eigenvalue weighted by Crippen LogP contribution is 2.32. The number of pyridine rings is 1. The molecule has 0 amide bonds. The van der Waals surface area contributed by atoms with Crippen molar-refractivity contribution in [2.24, 2.45) is 4.99 Å². The number of aromatic hydroxyl groups is 1. The van der Waals surface area contributed by atoms with Crippen molar-refractivity contribution in [1.82, 2.24) is 20.1 Å². The first-order valence-electron chi connectivity index (χ1n) is 8.10. The lowest BCUT2D eigenvalue weighted by molar-refractivity contribution is 0.294. The average molecular weight is 333 g/mol. The molecule has 3 heterocycles. The molecule has 6 heteroatoms. The van der Waals surface area contributed by atoms with Crippen LogP contribution in [-0.2, 0) is 6.54 Å². The van der Waals surface area contributed by atoms with Crippen LogP contribution >= 0.6 is 0 Å². The fourth-order valence-corrected chi connectivity index (χ4v) is 3.07. The fourth-order valence-electron chi connectivity index (χ4n) is 3.07. The molecule has 0 saturated heterocycles. The molecular weight excluding hydrogens is 314 g/mol. The highest BCUT2D eigenvalue weighted by molar-refractivity contribution is 5.92. The van der Waals surface area contributed by atoms with E-state index in [4.69, 9.17) is 4.99 Å². The SMILES string of the molecule is CN1C=C(c2ccc(O)cc2)N2C=CNC(=NCc3ccncc3)C12. The normalized spacial score (nSPS) is 20.4. The Balaban J connectivity index is 1.60. The lowest BCUT2D eigenvalue weighted by atomic mass is 10.1. The number of benzene rings is 1. The summed E-state index contributed by atoms with van der Waals surface area (Å²) >= 11 is 0. The van der Waals surface area contributed by atoms with Crippen LogP contribution in [0.5, 0.6) is 5.75 Å². The minimum absolute atomic E-state index is 0.00404. The summed E-state index contributed by atoms with van der Waals surface area (Å²) in [6.07, 6.45) is 9.56. The number of amidine groups is 1. The molecule has 0 bridgehead atoms. The number of aromatic nitrogens is 1. The van der Waals surface area contributed by atoms with E-state index in [2.05, 4.69) is 26.3 Å². The van der Waals surface area contributed by atoms with Crippen molar-refractivity contribution < 1.29 is 5.11 Å². The molecule has 2 aliphatic heterocycles. The van der Waals surface area contributed by atoms with E-state index in [0.717, 1.165) is 22.7 Å². The summed E-state index contributed by atoms with van der Waals surface area (Å²) in [5.41, 5.74) is 3.24.